The fourth-order valence-electron chi connectivity index (χ4n) is 0.874. The Bertz CT molecular complexity index is 336. The first-order valence-electron chi connectivity index (χ1n) is 3.25. The van der Waals surface area contributed by atoms with E-state index in [0.717, 1.165) is 5.56 Å². The number of aromatic carboxylic acids is 1. The van der Waals surface area contributed by atoms with Gasteiger partial charge in [-0.15, -0.1) is 12.6 Å². The lowest BCUT2D eigenvalue weighted by atomic mass is 10.1. The zero-order valence-corrected chi connectivity index (χ0v) is 7.99. The number of benzene rings is 1. The van der Waals surface area contributed by atoms with E-state index < -0.39 is 5.97 Å². The molecule has 0 aliphatic rings. The molecule has 64 valence electrons. The Kier molecular flexibility index (Phi) is 2.65. The van der Waals surface area contributed by atoms with Gasteiger partial charge in [0, 0.05) is 4.90 Å². The number of carbonyl (C=O) groups is 1. The average Bonchev–Trinajstić information content (AvgIpc) is 1.97. The monoisotopic (exact) mass is 202 g/mol. The summed E-state index contributed by atoms with van der Waals surface area (Å²) in [5.74, 6) is -1.05. The molecule has 0 radical (unpaired) electrons. The maximum absolute atomic E-state index is 10.7. The second kappa shape index (κ2) is 3.37. The molecule has 1 aromatic rings. The van der Waals surface area contributed by atoms with Crippen LogP contribution in [0.15, 0.2) is 17.0 Å². The van der Waals surface area contributed by atoms with Crippen molar-refractivity contribution in [1.29, 1.82) is 0 Å². The number of thiol groups is 1. The number of hydrogen-bond acceptors (Lipinski definition) is 2. The summed E-state index contributed by atoms with van der Waals surface area (Å²) in [6.07, 6.45) is 0. The van der Waals surface area contributed by atoms with Crippen LogP contribution >= 0.6 is 24.2 Å². The maximum atomic E-state index is 10.7. The Morgan fingerprint density at radius 1 is 1.58 bits per heavy atom. The third-order valence-corrected chi connectivity index (χ3v) is 2.43. The van der Waals surface area contributed by atoms with E-state index in [-0.39, 0.29) is 10.6 Å². The van der Waals surface area contributed by atoms with Gasteiger partial charge in [0.1, 0.15) is 0 Å². The second-order valence-corrected chi connectivity index (χ2v) is 3.25. The molecule has 1 N–H and O–H groups in total. The number of halogens is 1. The molecule has 2 nitrogen and oxygen atoms in total. The molecule has 0 saturated carbocycles. The molecule has 0 heterocycles. The highest BCUT2D eigenvalue weighted by Gasteiger charge is 2.13. The molecule has 0 bridgehead atoms. The predicted octanol–water partition coefficient (Wildman–Crippen LogP) is 2.64. The molecule has 0 saturated heterocycles. The summed E-state index contributed by atoms with van der Waals surface area (Å²) in [6, 6.07) is 3.29. The van der Waals surface area contributed by atoms with Crippen LogP contribution in [0.1, 0.15) is 15.9 Å². The van der Waals surface area contributed by atoms with Crippen LogP contribution < -0.4 is 0 Å². The van der Waals surface area contributed by atoms with Gasteiger partial charge in [-0.05, 0) is 18.6 Å². The van der Waals surface area contributed by atoms with Crippen LogP contribution in [0.2, 0.25) is 5.02 Å². The molecule has 0 amide bonds. The molecular weight excluding hydrogens is 196 g/mol. The Balaban J connectivity index is 3.43. The van der Waals surface area contributed by atoms with E-state index in [4.69, 9.17) is 16.7 Å². The summed E-state index contributed by atoms with van der Waals surface area (Å²) >= 11 is 9.72. The lowest BCUT2D eigenvalue weighted by molar-refractivity contribution is 0.0693. The van der Waals surface area contributed by atoms with E-state index in [9.17, 15) is 4.79 Å². The van der Waals surface area contributed by atoms with E-state index >= 15 is 0 Å². The first-order chi connectivity index (χ1) is 5.54. The highest BCUT2D eigenvalue weighted by molar-refractivity contribution is 7.80. The van der Waals surface area contributed by atoms with Crippen molar-refractivity contribution in [2.75, 3.05) is 0 Å². The molecule has 0 unspecified atom stereocenters. The SMILES string of the molecule is Cc1ccc(Cl)c(C(=O)O)c1S. The minimum absolute atomic E-state index is 0.0694. The van der Waals surface area contributed by atoms with E-state index in [1.54, 1.807) is 19.1 Å². The third kappa shape index (κ3) is 1.57. The minimum atomic E-state index is -1.05. The van der Waals surface area contributed by atoms with Gasteiger partial charge in [-0.25, -0.2) is 4.79 Å². The fourth-order valence-corrected chi connectivity index (χ4v) is 1.47. The average molecular weight is 203 g/mol. The quantitative estimate of drug-likeness (QED) is 0.687. The predicted molar refractivity (Wildman–Crippen MR) is 50.4 cm³/mol. The van der Waals surface area contributed by atoms with Crippen molar-refractivity contribution in [2.45, 2.75) is 11.8 Å². The van der Waals surface area contributed by atoms with Crippen molar-refractivity contribution in [3.8, 4) is 0 Å². The van der Waals surface area contributed by atoms with Crippen molar-refractivity contribution in [1.82, 2.24) is 0 Å². The first kappa shape index (κ1) is 9.42. The molecule has 0 aliphatic carbocycles. The molecule has 0 aliphatic heterocycles. The van der Waals surface area contributed by atoms with E-state index in [2.05, 4.69) is 12.6 Å². The zero-order valence-electron chi connectivity index (χ0n) is 6.34. The normalized spacial score (nSPS) is 9.92. The van der Waals surface area contributed by atoms with E-state index in [1.165, 1.54) is 0 Å². The van der Waals surface area contributed by atoms with Crippen LogP contribution in [-0.4, -0.2) is 11.1 Å². The molecule has 0 fully saturated rings. The zero-order chi connectivity index (χ0) is 9.30. The molecule has 4 heteroatoms. The van der Waals surface area contributed by atoms with Gasteiger partial charge in [0.2, 0.25) is 0 Å². The molecule has 1 aromatic carbocycles. The number of carboxylic acid groups (broad SMARTS) is 1. The second-order valence-electron chi connectivity index (χ2n) is 2.39. The van der Waals surface area contributed by atoms with Gasteiger partial charge in [-0.2, -0.15) is 0 Å². The number of carboxylic acids is 1. The Morgan fingerprint density at radius 3 is 2.58 bits per heavy atom. The van der Waals surface area contributed by atoms with Crippen LogP contribution in [0.5, 0.6) is 0 Å². The smallest absolute Gasteiger partial charge is 0.338 e. The van der Waals surface area contributed by atoms with E-state index in [0.29, 0.717) is 4.90 Å². The topological polar surface area (TPSA) is 37.3 Å². The van der Waals surface area contributed by atoms with Gasteiger partial charge in [-0.1, -0.05) is 17.7 Å². The molecule has 1 rings (SSSR count). The largest absolute Gasteiger partial charge is 0.478 e. The highest BCUT2D eigenvalue weighted by Crippen LogP contribution is 2.25. The lowest BCUT2D eigenvalue weighted by Gasteiger charge is -2.04. The summed E-state index contributed by atoms with van der Waals surface area (Å²) < 4.78 is 0. The van der Waals surface area contributed by atoms with E-state index in [1.807, 2.05) is 0 Å². The van der Waals surface area contributed by atoms with Crippen molar-refractivity contribution < 1.29 is 9.90 Å². The van der Waals surface area contributed by atoms with Crippen molar-refractivity contribution in [2.24, 2.45) is 0 Å². The molecule has 12 heavy (non-hydrogen) atoms. The number of aryl methyl sites for hydroxylation is 1. The van der Waals surface area contributed by atoms with Gasteiger partial charge in [-0.3, -0.25) is 0 Å². The molecular formula is C8H7ClO2S. The van der Waals surface area contributed by atoms with Crippen LogP contribution in [0.4, 0.5) is 0 Å². The lowest BCUT2D eigenvalue weighted by Crippen LogP contribution is -2.00. The maximum Gasteiger partial charge on any atom is 0.338 e. The number of rotatable bonds is 1. The Labute approximate surface area is 80.6 Å². The number of hydrogen-bond donors (Lipinski definition) is 2. The standard InChI is InChI=1S/C8H7ClO2S/c1-4-2-3-5(9)6(7(4)12)8(10)11/h2-3,12H,1H3,(H,10,11). The van der Waals surface area contributed by atoms with Gasteiger partial charge >= 0.3 is 5.97 Å². The summed E-state index contributed by atoms with van der Waals surface area (Å²) in [5, 5.41) is 8.96. The fraction of sp³-hybridized carbons (Fsp3) is 0.125. The van der Waals surface area contributed by atoms with Crippen LogP contribution in [0.3, 0.4) is 0 Å². The molecule has 0 atom stereocenters. The van der Waals surface area contributed by atoms with Crippen molar-refractivity contribution >= 4 is 30.2 Å². The first-order valence-corrected chi connectivity index (χ1v) is 4.08. The Morgan fingerprint density at radius 2 is 2.17 bits per heavy atom. The van der Waals surface area contributed by atoms with Crippen molar-refractivity contribution in [3.05, 3.63) is 28.3 Å². The Hall–Kier alpha value is -0.670. The van der Waals surface area contributed by atoms with Crippen LogP contribution in [0, 0.1) is 6.92 Å². The van der Waals surface area contributed by atoms with Crippen LogP contribution in [-0.2, 0) is 0 Å². The van der Waals surface area contributed by atoms with Crippen molar-refractivity contribution in [3.63, 3.8) is 0 Å². The minimum Gasteiger partial charge on any atom is -0.478 e. The summed E-state index contributed by atoms with van der Waals surface area (Å²) in [7, 11) is 0. The summed E-state index contributed by atoms with van der Waals surface area (Å²) in [5.41, 5.74) is 0.875. The third-order valence-electron chi connectivity index (χ3n) is 1.54. The summed E-state index contributed by atoms with van der Waals surface area (Å²) in [6.45, 7) is 1.78. The van der Waals surface area contributed by atoms with Gasteiger partial charge < -0.3 is 5.11 Å². The molecule has 0 spiro atoms. The van der Waals surface area contributed by atoms with Gasteiger partial charge in [0.15, 0.2) is 0 Å². The molecule has 0 aromatic heterocycles. The van der Waals surface area contributed by atoms with Crippen LogP contribution in [0.25, 0.3) is 0 Å². The summed E-state index contributed by atoms with van der Waals surface area (Å²) in [4.78, 5) is 11.1. The highest BCUT2D eigenvalue weighted by atomic mass is 35.5. The van der Waals surface area contributed by atoms with Gasteiger partial charge in [0.25, 0.3) is 0 Å². The van der Waals surface area contributed by atoms with Gasteiger partial charge in [0.05, 0.1) is 10.6 Å².